The molecule has 0 bridgehead atoms. The maximum absolute atomic E-state index is 12.4. The van der Waals surface area contributed by atoms with Gasteiger partial charge in [-0.25, -0.2) is 0 Å². The predicted octanol–water partition coefficient (Wildman–Crippen LogP) is 2.26. The molecule has 3 N–H and O–H groups in total. The van der Waals surface area contributed by atoms with Crippen molar-refractivity contribution in [3.63, 3.8) is 0 Å². The Labute approximate surface area is 78.6 Å². The fourth-order valence-electron chi connectivity index (χ4n) is 0.995. The maximum Gasteiger partial charge on any atom is 0.418 e. The SMILES string of the molecule is CONc1ccc(N)cc1C(F)(F)F. The van der Waals surface area contributed by atoms with Crippen molar-refractivity contribution in [2.75, 3.05) is 18.3 Å². The molecule has 0 aliphatic rings. The lowest BCUT2D eigenvalue weighted by atomic mass is 10.1. The van der Waals surface area contributed by atoms with E-state index in [4.69, 9.17) is 5.73 Å². The molecule has 0 amide bonds. The van der Waals surface area contributed by atoms with Crippen LogP contribution >= 0.6 is 0 Å². The van der Waals surface area contributed by atoms with Gasteiger partial charge in [-0.2, -0.15) is 13.2 Å². The van der Waals surface area contributed by atoms with Crippen LogP contribution in [-0.2, 0) is 11.0 Å². The van der Waals surface area contributed by atoms with Gasteiger partial charge >= 0.3 is 6.18 Å². The van der Waals surface area contributed by atoms with Crippen LogP contribution in [0, 0.1) is 0 Å². The summed E-state index contributed by atoms with van der Waals surface area (Å²) < 4.78 is 37.2. The Bertz CT molecular complexity index is 325. The number of nitrogen functional groups attached to an aromatic ring is 1. The van der Waals surface area contributed by atoms with Crippen molar-refractivity contribution in [1.82, 2.24) is 0 Å². The summed E-state index contributed by atoms with van der Waals surface area (Å²) >= 11 is 0. The maximum atomic E-state index is 12.4. The first kappa shape index (κ1) is 10.6. The van der Waals surface area contributed by atoms with Gasteiger partial charge < -0.3 is 5.73 Å². The molecule has 6 heteroatoms. The average molecular weight is 206 g/mol. The van der Waals surface area contributed by atoms with Crippen molar-refractivity contribution < 1.29 is 18.0 Å². The van der Waals surface area contributed by atoms with Crippen LogP contribution in [0.2, 0.25) is 0 Å². The van der Waals surface area contributed by atoms with Gasteiger partial charge in [-0.15, -0.1) is 0 Å². The zero-order valence-electron chi connectivity index (χ0n) is 7.35. The largest absolute Gasteiger partial charge is 0.418 e. The third-order valence-corrected chi connectivity index (χ3v) is 1.56. The summed E-state index contributed by atoms with van der Waals surface area (Å²) in [6.07, 6.45) is -4.45. The second-order valence-electron chi connectivity index (χ2n) is 2.61. The number of nitrogens with two attached hydrogens (primary N) is 1. The Morgan fingerprint density at radius 2 is 2.00 bits per heavy atom. The Hall–Kier alpha value is -1.43. The summed E-state index contributed by atoms with van der Waals surface area (Å²) in [6, 6.07) is 3.42. The summed E-state index contributed by atoms with van der Waals surface area (Å²) in [5.74, 6) is 0. The lowest BCUT2D eigenvalue weighted by Gasteiger charge is -2.13. The monoisotopic (exact) mass is 206 g/mol. The average Bonchev–Trinajstić information content (AvgIpc) is 2.07. The molecule has 0 atom stereocenters. The van der Waals surface area contributed by atoms with Gasteiger partial charge in [0.2, 0.25) is 0 Å². The molecule has 0 spiro atoms. The van der Waals surface area contributed by atoms with Gasteiger partial charge in [-0.05, 0) is 18.2 Å². The number of hydrogen-bond donors (Lipinski definition) is 2. The zero-order chi connectivity index (χ0) is 10.8. The summed E-state index contributed by atoms with van der Waals surface area (Å²) in [4.78, 5) is 4.41. The Kier molecular flexibility index (Phi) is 2.85. The first-order valence-electron chi connectivity index (χ1n) is 3.71. The predicted molar refractivity (Wildman–Crippen MR) is 46.5 cm³/mol. The smallest absolute Gasteiger partial charge is 0.399 e. The highest BCUT2D eigenvalue weighted by molar-refractivity contribution is 5.58. The molecule has 14 heavy (non-hydrogen) atoms. The van der Waals surface area contributed by atoms with Gasteiger partial charge in [0.15, 0.2) is 0 Å². The van der Waals surface area contributed by atoms with Gasteiger partial charge in [-0.1, -0.05) is 0 Å². The van der Waals surface area contributed by atoms with E-state index in [9.17, 15) is 13.2 Å². The first-order valence-corrected chi connectivity index (χ1v) is 3.71. The molecule has 78 valence electrons. The highest BCUT2D eigenvalue weighted by Gasteiger charge is 2.33. The molecule has 1 rings (SSSR count). The second-order valence-corrected chi connectivity index (χ2v) is 2.61. The van der Waals surface area contributed by atoms with Gasteiger partial charge in [0, 0.05) is 5.69 Å². The normalized spacial score (nSPS) is 11.4. The highest BCUT2D eigenvalue weighted by Crippen LogP contribution is 2.35. The summed E-state index contributed by atoms with van der Waals surface area (Å²) in [7, 11) is 1.23. The fourth-order valence-corrected chi connectivity index (χ4v) is 0.995. The molecule has 0 saturated carbocycles. The molecule has 3 nitrogen and oxygen atoms in total. The Balaban J connectivity index is 3.16. The topological polar surface area (TPSA) is 47.3 Å². The summed E-state index contributed by atoms with van der Waals surface area (Å²) in [5, 5.41) is 0. The van der Waals surface area contributed by atoms with Gasteiger partial charge in [0.1, 0.15) is 0 Å². The van der Waals surface area contributed by atoms with Crippen molar-refractivity contribution in [2.45, 2.75) is 6.18 Å². The van der Waals surface area contributed by atoms with Crippen molar-refractivity contribution in [3.05, 3.63) is 23.8 Å². The van der Waals surface area contributed by atoms with Crippen LogP contribution in [-0.4, -0.2) is 7.11 Å². The third kappa shape index (κ3) is 2.29. The minimum atomic E-state index is -4.45. The highest BCUT2D eigenvalue weighted by atomic mass is 19.4. The fraction of sp³-hybridized carbons (Fsp3) is 0.250. The van der Waals surface area contributed by atoms with E-state index in [1.807, 2.05) is 0 Å². The summed E-state index contributed by atoms with van der Waals surface area (Å²) in [5.41, 5.74) is 6.43. The van der Waals surface area contributed by atoms with Crippen LogP contribution in [0.5, 0.6) is 0 Å². The molecule has 1 aromatic carbocycles. The van der Waals surface area contributed by atoms with E-state index < -0.39 is 11.7 Å². The van der Waals surface area contributed by atoms with Crippen LogP contribution in [0.15, 0.2) is 18.2 Å². The van der Waals surface area contributed by atoms with E-state index in [0.29, 0.717) is 0 Å². The molecular weight excluding hydrogens is 197 g/mol. The Morgan fingerprint density at radius 3 is 2.50 bits per heavy atom. The van der Waals surface area contributed by atoms with E-state index in [2.05, 4.69) is 10.3 Å². The van der Waals surface area contributed by atoms with Crippen molar-refractivity contribution >= 4 is 11.4 Å². The van der Waals surface area contributed by atoms with Crippen LogP contribution in [0.25, 0.3) is 0 Å². The van der Waals surface area contributed by atoms with E-state index >= 15 is 0 Å². The number of rotatable bonds is 2. The molecular formula is C8H9F3N2O. The van der Waals surface area contributed by atoms with E-state index in [0.717, 1.165) is 6.07 Å². The molecule has 0 unspecified atom stereocenters. The van der Waals surface area contributed by atoms with E-state index in [1.54, 1.807) is 0 Å². The van der Waals surface area contributed by atoms with Crippen molar-refractivity contribution in [3.8, 4) is 0 Å². The number of alkyl halides is 3. The Morgan fingerprint density at radius 1 is 1.36 bits per heavy atom. The zero-order valence-corrected chi connectivity index (χ0v) is 7.35. The van der Waals surface area contributed by atoms with Gasteiger partial charge in [0.25, 0.3) is 0 Å². The van der Waals surface area contributed by atoms with E-state index in [1.165, 1.54) is 19.2 Å². The second kappa shape index (κ2) is 3.75. The molecule has 0 aliphatic carbocycles. The van der Waals surface area contributed by atoms with Gasteiger partial charge in [-0.3, -0.25) is 10.3 Å². The number of anilines is 2. The number of halogens is 3. The third-order valence-electron chi connectivity index (χ3n) is 1.56. The van der Waals surface area contributed by atoms with Gasteiger partial charge in [0.05, 0.1) is 18.4 Å². The summed E-state index contributed by atoms with van der Waals surface area (Å²) in [6.45, 7) is 0. The minimum Gasteiger partial charge on any atom is -0.399 e. The van der Waals surface area contributed by atoms with Crippen LogP contribution < -0.4 is 11.2 Å². The van der Waals surface area contributed by atoms with E-state index in [-0.39, 0.29) is 11.4 Å². The first-order chi connectivity index (χ1) is 6.45. The van der Waals surface area contributed by atoms with Crippen LogP contribution in [0.3, 0.4) is 0 Å². The molecule has 0 radical (unpaired) electrons. The molecule has 0 heterocycles. The quantitative estimate of drug-likeness (QED) is 0.576. The molecule has 0 aromatic heterocycles. The number of hydrogen-bond acceptors (Lipinski definition) is 3. The van der Waals surface area contributed by atoms with Crippen LogP contribution in [0.1, 0.15) is 5.56 Å². The van der Waals surface area contributed by atoms with Crippen molar-refractivity contribution in [2.24, 2.45) is 0 Å². The molecule has 1 aromatic rings. The lowest BCUT2D eigenvalue weighted by Crippen LogP contribution is -2.10. The number of benzene rings is 1. The molecule has 0 fully saturated rings. The number of nitrogens with one attached hydrogen (secondary N) is 1. The standard InChI is InChI=1S/C8H9F3N2O/c1-14-13-7-3-2-5(12)4-6(7)8(9,10)11/h2-4,13H,12H2,1H3. The molecule has 0 saturated heterocycles. The van der Waals surface area contributed by atoms with Crippen LogP contribution in [0.4, 0.5) is 24.5 Å². The van der Waals surface area contributed by atoms with Crippen molar-refractivity contribution in [1.29, 1.82) is 0 Å². The molecule has 0 aliphatic heterocycles. The lowest BCUT2D eigenvalue weighted by molar-refractivity contribution is -0.137. The minimum absolute atomic E-state index is 0.0546.